The molecule has 0 bridgehead atoms. The topological polar surface area (TPSA) is 109 Å². The Balaban J connectivity index is 1.39. The van der Waals surface area contributed by atoms with Gasteiger partial charge in [-0.15, -0.1) is 0 Å². The lowest BCUT2D eigenvalue weighted by atomic mass is 10.1. The smallest absolute Gasteiger partial charge is 0.224 e. The van der Waals surface area contributed by atoms with Crippen LogP contribution in [0.25, 0.3) is 0 Å². The highest BCUT2D eigenvalue weighted by molar-refractivity contribution is 5.81. The summed E-state index contributed by atoms with van der Waals surface area (Å²) < 4.78 is 1.82. The molecule has 3 rings (SSSR count). The zero-order valence-corrected chi connectivity index (χ0v) is 15.1. The van der Waals surface area contributed by atoms with Gasteiger partial charge in [0.25, 0.3) is 0 Å². The zero-order chi connectivity index (χ0) is 19.1. The zero-order valence-electron chi connectivity index (χ0n) is 15.1. The molecule has 0 radical (unpaired) electrons. The molecule has 3 N–H and O–H groups in total. The van der Waals surface area contributed by atoms with Crippen molar-refractivity contribution < 1.29 is 14.7 Å². The van der Waals surface area contributed by atoms with Crippen LogP contribution in [0.4, 0.5) is 0 Å². The molecule has 1 saturated carbocycles. The molecule has 1 fully saturated rings. The van der Waals surface area contributed by atoms with Gasteiger partial charge >= 0.3 is 0 Å². The first-order valence-electron chi connectivity index (χ1n) is 9.23. The summed E-state index contributed by atoms with van der Waals surface area (Å²) in [6, 6.07) is 5.08. The van der Waals surface area contributed by atoms with E-state index in [4.69, 9.17) is 0 Å². The molecule has 2 aromatic heterocycles. The van der Waals surface area contributed by atoms with Crippen LogP contribution >= 0.6 is 0 Å². The maximum absolute atomic E-state index is 12.3. The van der Waals surface area contributed by atoms with Gasteiger partial charge in [0, 0.05) is 43.8 Å². The van der Waals surface area contributed by atoms with Gasteiger partial charge in [-0.25, -0.2) is 0 Å². The Labute approximate surface area is 158 Å². The van der Waals surface area contributed by atoms with E-state index in [1.165, 1.54) is 0 Å². The summed E-state index contributed by atoms with van der Waals surface area (Å²) in [4.78, 5) is 28.4. The minimum absolute atomic E-state index is 0.0708. The number of pyridine rings is 1. The summed E-state index contributed by atoms with van der Waals surface area (Å²) in [5.41, 5.74) is 0.814. The van der Waals surface area contributed by atoms with Gasteiger partial charge in [-0.05, 0) is 37.0 Å². The fourth-order valence-corrected chi connectivity index (χ4v) is 3.36. The maximum Gasteiger partial charge on any atom is 0.224 e. The summed E-state index contributed by atoms with van der Waals surface area (Å²) in [6.07, 6.45) is 8.01. The Bertz CT molecular complexity index is 735. The first-order chi connectivity index (χ1) is 13.1. The fourth-order valence-electron chi connectivity index (χ4n) is 3.36. The molecule has 2 heterocycles. The molecule has 3 atom stereocenters. The van der Waals surface area contributed by atoms with E-state index >= 15 is 0 Å². The third kappa shape index (κ3) is 5.62. The van der Waals surface area contributed by atoms with Crippen LogP contribution < -0.4 is 10.6 Å². The number of nitrogens with zero attached hydrogens (tertiary/aromatic N) is 3. The van der Waals surface area contributed by atoms with Crippen molar-refractivity contribution in [1.29, 1.82) is 0 Å². The Kier molecular flexibility index (Phi) is 6.54. The van der Waals surface area contributed by atoms with Crippen LogP contribution in [0.3, 0.4) is 0 Å². The molecule has 0 aromatic carbocycles. The Morgan fingerprint density at radius 1 is 1.26 bits per heavy atom. The number of aromatic nitrogens is 3. The van der Waals surface area contributed by atoms with Crippen molar-refractivity contribution in [2.75, 3.05) is 6.54 Å². The second kappa shape index (κ2) is 9.27. The van der Waals surface area contributed by atoms with Crippen molar-refractivity contribution in [3.63, 3.8) is 0 Å². The third-order valence-electron chi connectivity index (χ3n) is 4.76. The van der Waals surface area contributed by atoms with Gasteiger partial charge in [-0.1, -0.05) is 6.07 Å². The van der Waals surface area contributed by atoms with Crippen molar-refractivity contribution in [2.45, 2.75) is 44.4 Å². The Morgan fingerprint density at radius 3 is 2.89 bits per heavy atom. The van der Waals surface area contributed by atoms with Gasteiger partial charge < -0.3 is 15.7 Å². The fraction of sp³-hybridized carbons (Fsp3) is 0.474. The lowest BCUT2D eigenvalue weighted by molar-refractivity contribution is -0.125. The molecule has 2 aromatic rings. The van der Waals surface area contributed by atoms with Crippen LogP contribution in [-0.2, 0) is 22.6 Å². The second-order valence-corrected chi connectivity index (χ2v) is 6.86. The SMILES string of the molecule is O=C(Cc1cccnc1)N[C@@H]1C[C@H](C(=O)NCCCn2cccn2)C[C@H]1O. The van der Waals surface area contributed by atoms with Crippen molar-refractivity contribution in [2.24, 2.45) is 5.92 Å². The highest BCUT2D eigenvalue weighted by Gasteiger charge is 2.37. The number of hydrogen-bond donors (Lipinski definition) is 3. The van der Waals surface area contributed by atoms with Gasteiger partial charge in [-0.3, -0.25) is 19.3 Å². The van der Waals surface area contributed by atoms with E-state index in [1.54, 1.807) is 24.7 Å². The van der Waals surface area contributed by atoms with Crippen LogP contribution in [-0.4, -0.2) is 50.4 Å². The van der Waals surface area contributed by atoms with E-state index in [-0.39, 0.29) is 24.2 Å². The molecule has 0 spiro atoms. The lowest BCUT2D eigenvalue weighted by Crippen LogP contribution is -2.40. The van der Waals surface area contributed by atoms with E-state index in [1.807, 2.05) is 23.0 Å². The minimum Gasteiger partial charge on any atom is -0.391 e. The van der Waals surface area contributed by atoms with Crippen LogP contribution in [0.2, 0.25) is 0 Å². The molecule has 0 aliphatic heterocycles. The van der Waals surface area contributed by atoms with E-state index < -0.39 is 12.1 Å². The van der Waals surface area contributed by atoms with E-state index in [9.17, 15) is 14.7 Å². The average Bonchev–Trinajstić information content (AvgIpc) is 3.30. The van der Waals surface area contributed by atoms with Gasteiger partial charge in [0.2, 0.25) is 11.8 Å². The molecule has 1 aliphatic rings. The first kappa shape index (κ1) is 19.0. The molecule has 27 heavy (non-hydrogen) atoms. The number of nitrogens with one attached hydrogen (secondary N) is 2. The number of aryl methyl sites for hydroxylation is 1. The van der Waals surface area contributed by atoms with Gasteiger partial charge in [0.05, 0.1) is 18.6 Å². The standard InChI is InChI=1S/C19H25N5O3/c25-17-12-15(19(27)21-6-2-8-24-9-3-7-22-24)11-16(17)23-18(26)10-14-4-1-5-20-13-14/h1,3-5,7,9,13,15-17,25H,2,6,8,10-12H2,(H,21,27)(H,23,26)/t15-,16+,17+/m0/s1. The highest BCUT2D eigenvalue weighted by Crippen LogP contribution is 2.26. The maximum atomic E-state index is 12.3. The molecule has 8 nitrogen and oxygen atoms in total. The monoisotopic (exact) mass is 371 g/mol. The molecule has 0 saturated heterocycles. The molecule has 0 unspecified atom stereocenters. The van der Waals surface area contributed by atoms with E-state index in [0.717, 1.165) is 18.5 Å². The predicted octanol–water partition coefficient (Wildman–Crippen LogP) is 0.283. The number of amides is 2. The second-order valence-electron chi connectivity index (χ2n) is 6.86. The lowest BCUT2D eigenvalue weighted by Gasteiger charge is -2.16. The van der Waals surface area contributed by atoms with Crippen LogP contribution in [0, 0.1) is 5.92 Å². The number of aliphatic hydroxyl groups excluding tert-OH is 1. The largest absolute Gasteiger partial charge is 0.391 e. The summed E-state index contributed by atoms with van der Waals surface area (Å²) in [5, 5.41) is 20.1. The highest BCUT2D eigenvalue weighted by atomic mass is 16.3. The number of carbonyl (C=O) groups is 2. The average molecular weight is 371 g/mol. The minimum atomic E-state index is -0.706. The summed E-state index contributed by atoms with van der Waals surface area (Å²) >= 11 is 0. The van der Waals surface area contributed by atoms with Gasteiger partial charge in [0.1, 0.15) is 0 Å². The van der Waals surface area contributed by atoms with Crippen LogP contribution in [0.5, 0.6) is 0 Å². The van der Waals surface area contributed by atoms with Crippen molar-refractivity contribution in [3.05, 3.63) is 48.5 Å². The molecule has 144 valence electrons. The quantitative estimate of drug-likeness (QED) is 0.578. The molecule has 8 heteroatoms. The molecule has 2 amide bonds. The summed E-state index contributed by atoms with van der Waals surface area (Å²) in [5.74, 6) is -0.528. The molecule has 1 aliphatic carbocycles. The van der Waals surface area contributed by atoms with E-state index in [0.29, 0.717) is 19.4 Å². The summed E-state index contributed by atoms with van der Waals surface area (Å²) in [6.45, 7) is 1.30. The Morgan fingerprint density at radius 2 is 2.15 bits per heavy atom. The van der Waals surface area contributed by atoms with Crippen molar-refractivity contribution >= 4 is 11.8 Å². The molecular weight excluding hydrogens is 346 g/mol. The number of hydrogen-bond acceptors (Lipinski definition) is 5. The van der Waals surface area contributed by atoms with Gasteiger partial charge in [0.15, 0.2) is 0 Å². The van der Waals surface area contributed by atoms with Crippen molar-refractivity contribution in [1.82, 2.24) is 25.4 Å². The number of rotatable bonds is 8. The molecular formula is C19H25N5O3. The van der Waals surface area contributed by atoms with Gasteiger partial charge in [-0.2, -0.15) is 5.10 Å². The predicted molar refractivity (Wildman–Crippen MR) is 98.5 cm³/mol. The number of carbonyl (C=O) groups excluding carboxylic acids is 2. The normalized spacial score (nSPS) is 21.7. The number of aliphatic hydroxyl groups is 1. The Hall–Kier alpha value is -2.74. The van der Waals surface area contributed by atoms with Crippen LogP contribution in [0.1, 0.15) is 24.8 Å². The van der Waals surface area contributed by atoms with Crippen molar-refractivity contribution in [3.8, 4) is 0 Å². The van der Waals surface area contributed by atoms with E-state index in [2.05, 4.69) is 20.7 Å². The first-order valence-corrected chi connectivity index (χ1v) is 9.23. The van der Waals surface area contributed by atoms with Crippen LogP contribution in [0.15, 0.2) is 43.0 Å². The third-order valence-corrected chi connectivity index (χ3v) is 4.76. The summed E-state index contributed by atoms with van der Waals surface area (Å²) in [7, 11) is 0.